The number of aliphatic hydroxyl groups is 1. The Kier molecular flexibility index (Phi) is 6.36. The number of carbonyl (C=O) groups is 1. The zero-order chi connectivity index (χ0) is 13.5. The Hall–Kier alpha value is -0.870. The number of carbonyl (C=O) groups excluding carboxylic acids is 1. The van der Waals surface area contributed by atoms with E-state index in [-0.39, 0.29) is 18.4 Å². The van der Waals surface area contributed by atoms with Gasteiger partial charge in [0.15, 0.2) is 0 Å². The fraction of sp³-hybridized carbons (Fsp3) is 0.500. The van der Waals surface area contributed by atoms with Gasteiger partial charge in [-0.05, 0) is 30.5 Å². The molecule has 100 valence electrons. The number of rotatable bonds is 6. The number of likely N-dealkylation sites (N-methyl/N-ethyl adjacent to an activating group) is 1. The van der Waals surface area contributed by atoms with Gasteiger partial charge < -0.3 is 10.0 Å². The van der Waals surface area contributed by atoms with E-state index in [1.807, 2.05) is 38.1 Å². The Bertz CT molecular complexity index is 378. The van der Waals surface area contributed by atoms with Crippen molar-refractivity contribution in [3.05, 3.63) is 34.3 Å². The lowest BCUT2D eigenvalue weighted by Gasteiger charge is -2.22. The molecule has 1 atom stereocenters. The van der Waals surface area contributed by atoms with Crippen LogP contribution in [0.4, 0.5) is 0 Å². The van der Waals surface area contributed by atoms with Crippen LogP contribution in [0.5, 0.6) is 0 Å². The molecule has 0 aliphatic carbocycles. The molecule has 18 heavy (non-hydrogen) atoms. The molecular formula is C14H20BrNO2. The minimum absolute atomic E-state index is 0.0201. The SMILES string of the molecule is CCN(CCO)C(=O)CC(C)c1ccc(Br)cc1. The molecule has 1 aromatic rings. The van der Waals surface area contributed by atoms with Gasteiger partial charge >= 0.3 is 0 Å². The van der Waals surface area contributed by atoms with Crippen molar-refractivity contribution in [2.75, 3.05) is 19.7 Å². The molecule has 1 amide bonds. The van der Waals surface area contributed by atoms with Crippen LogP contribution in [0.25, 0.3) is 0 Å². The van der Waals surface area contributed by atoms with Crippen molar-refractivity contribution in [1.82, 2.24) is 4.90 Å². The summed E-state index contributed by atoms with van der Waals surface area (Å²) in [5.74, 6) is 0.292. The fourth-order valence-electron chi connectivity index (χ4n) is 1.88. The molecule has 0 aliphatic rings. The molecule has 0 spiro atoms. The highest BCUT2D eigenvalue weighted by molar-refractivity contribution is 9.10. The molecule has 0 radical (unpaired) electrons. The van der Waals surface area contributed by atoms with Gasteiger partial charge in [-0.2, -0.15) is 0 Å². The Balaban J connectivity index is 2.60. The zero-order valence-electron chi connectivity index (χ0n) is 10.9. The van der Waals surface area contributed by atoms with Crippen LogP contribution >= 0.6 is 15.9 Å². The summed E-state index contributed by atoms with van der Waals surface area (Å²) in [5.41, 5.74) is 1.16. The van der Waals surface area contributed by atoms with E-state index in [4.69, 9.17) is 5.11 Å². The molecule has 3 nitrogen and oxygen atoms in total. The maximum Gasteiger partial charge on any atom is 0.223 e. The van der Waals surface area contributed by atoms with Crippen LogP contribution in [0, 0.1) is 0 Å². The van der Waals surface area contributed by atoms with E-state index < -0.39 is 0 Å². The first kappa shape index (κ1) is 15.2. The summed E-state index contributed by atoms with van der Waals surface area (Å²) in [4.78, 5) is 13.7. The van der Waals surface area contributed by atoms with Gasteiger partial charge in [0.1, 0.15) is 0 Å². The van der Waals surface area contributed by atoms with Crippen molar-refractivity contribution in [3.8, 4) is 0 Å². The highest BCUT2D eigenvalue weighted by atomic mass is 79.9. The lowest BCUT2D eigenvalue weighted by Crippen LogP contribution is -2.33. The van der Waals surface area contributed by atoms with Crippen LogP contribution in [0.1, 0.15) is 31.7 Å². The minimum atomic E-state index is 0.0201. The van der Waals surface area contributed by atoms with Gasteiger partial charge in [0, 0.05) is 24.0 Å². The number of benzene rings is 1. The normalized spacial score (nSPS) is 12.2. The number of amides is 1. The number of halogens is 1. The summed E-state index contributed by atoms with van der Waals surface area (Å²) in [6, 6.07) is 8.04. The number of hydrogen-bond acceptors (Lipinski definition) is 2. The molecule has 1 aromatic carbocycles. The van der Waals surface area contributed by atoms with E-state index in [9.17, 15) is 4.79 Å². The van der Waals surface area contributed by atoms with E-state index in [0.717, 1.165) is 10.0 Å². The second-order valence-electron chi connectivity index (χ2n) is 4.35. The van der Waals surface area contributed by atoms with E-state index in [1.165, 1.54) is 0 Å². The summed E-state index contributed by atoms with van der Waals surface area (Å²) < 4.78 is 1.04. The third-order valence-corrected chi connectivity index (χ3v) is 3.55. The number of hydrogen-bond donors (Lipinski definition) is 1. The maximum atomic E-state index is 12.0. The molecule has 0 aliphatic heterocycles. The average Bonchev–Trinajstić information content (AvgIpc) is 2.36. The van der Waals surface area contributed by atoms with Gasteiger partial charge in [-0.1, -0.05) is 35.0 Å². The molecule has 0 heterocycles. The topological polar surface area (TPSA) is 40.5 Å². The Labute approximate surface area is 117 Å². The summed E-state index contributed by atoms with van der Waals surface area (Å²) in [7, 11) is 0. The summed E-state index contributed by atoms with van der Waals surface area (Å²) >= 11 is 3.40. The largest absolute Gasteiger partial charge is 0.395 e. The summed E-state index contributed by atoms with van der Waals surface area (Å²) in [6.45, 7) is 5.06. The van der Waals surface area contributed by atoms with Crippen LogP contribution < -0.4 is 0 Å². The van der Waals surface area contributed by atoms with Crippen LogP contribution in [0.3, 0.4) is 0 Å². The zero-order valence-corrected chi connectivity index (χ0v) is 12.5. The third kappa shape index (κ3) is 4.42. The molecule has 0 saturated heterocycles. The quantitative estimate of drug-likeness (QED) is 0.877. The average molecular weight is 314 g/mol. The predicted octanol–water partition coefficient (Wildman–Crippen LogP) is 2.78. The standard InChI is InChI=1S/C14H20BrNO2/c1-3-16(8-9-17)14(18)10-11(2)12-4-6-13(15)7-5-12/h4-7,11,17H,3,8-10H2,1-2H3. The monoisotopic (exact) mass is 313 g/mol. The van der Waals surface area contributed by atoms with Gasteiger partial charge in [0.2, 0.25) is 5.91 Å². The number of nitrogens with zero attached hydrogens (tertiary/aromatic N) is 1. The van der Waals surface area contributed by atoms with Crippen molar-refractivity contribution >= 4 is 21.8 Å². The van der Waals surface area contributed by atoms with E-state index in [1.54, 1.807) is 4.90 Å². The smallest absolute Gasteiger partial charge is 0.223 e. The molecular weight excluding hydrogens is 294 g/mol. The Morgan fingerprint density at radius 3 is 2.50 bits per heavy atom. The predicted molar refractivity (Wildman–Crippen MR) is 76.5 cm³/mol. The van der Waals surface area contributed by atoms with Crippen LogP contribution in [0.15, 0.2) is 28.7 Å². The second-order valence-corrected chi connectivity index (χ2v) is 5.27. The summed E-state index contributed by atoms with van der Waals surface area (Å²) in [6.07, 6.45) is 0.482. The molecule has 1 unspecified atom stereocenters. The van der Waals surface area contributed by atoms with Crippen molar-refractivity contribution in [2.45, 2.75) is 26.2 Å². The molecule has 4 heteroatoms. The van der Waals surface area contributed by atoms with E-state index in [2.05, 4.69) is 15.9 Å². The maximum absolute atomic E-state index is 12.0. The van der Waals surface area contributed by atoms with Gasteiger partial charge in [-0.3, -0.25) is 4.79 Å². The lowest BCUT2D eigenvalue weighted by atomic mass is 9.97. The highest BCUT2D eigenvalue weighted by Gasteiger charge is 2.16. The van der Waals surface area contributed by atoms with Gasteiger partial charge in [0.05, 0.1) is 6.61 Å². The van der Waals surface area contributed by atoms with Gasteiger partial charge in [0.25, 0.3) is 0 Å². The first-order valence-corrected chi connectivity index (χ1v) is 7.01. The lowest BCUT2D eigenvalue weighted by molar-refractivity contribution is -0.131. The first-order valence-electron chi connectivity index (χ1n) is 6.22. The molecule has 1 N–H and O–H groups in total. The molecule has 0 saturated carbocycles. The van der Waals surface area contributed by atoms with Crippen molar-refractivity contribution in [2.24, 2.45) is 0 Å². The van der Waals surface area contributed by atoms with Gasteiger partial charge in [-0.25, -0.2) is 0 Å². The Morgan fingerprint density at radius 2 is 2.00 bits per heavy atom. The second kappa shape index (κ2) is 7.54. The van der Waals surface area contributed by atoms with Crippen LogP contribution in [-0.2, 0) is 4.79 Å². The van der Waals surface area contributed by atoms with Crippen molar-refractivity contribution in [3.63, 3.8) is 0 Å². The minimum Gasteiger partial charge on any atom is -0.395 e. The third-order valence-electron chi connectivity index (χ3n) is 3.02. The van der Waals surface area contributed by atoms with E-state index >= 15 is 0 Å². The molecule has 1 rings (SSSR count). The van der Waals surface area contributed by atoms with Crippen LogP contribution in [0.2, 0.25) is 0 Å². The van der Waals surface area contributed by atoms with Crippen LogP contribution in [-0.4, -0.2) is 35.6 Å². The number of aliphatic hydroxyl groups excluding tert-OH is 1. The molecule has 0 aromatic heterocycles. The van der Waals surface area contributed by atoms with Gasteiger partial charge in [-0.15, -0.1) is 0 Å². The highest BCUT2D eigenvalue weighted by Crippen LogP contribution is 2.22. The fourth-order valence-corrected chi connectivity index (χ4v) is 2.14. The Morgan fingerprint density at radius 1 is 1.39 bits per heavy atom. The first-order chi connectivity index (χ1) is 8.58. The van der Waals surface area contributed by atoms with Crippen molar-refractivity contribution < 1.29 is 9.90 Å². The van der Waals surface area contributed by atoms with Crippen molar-refractivity contribution in [1.29, 1.82) is 0 Å². The summed E-state index contributed by atoms with van der Waals surface area (Å²) in [5, 5.41) is 8.90. The molecule has 0 fully saturated rings. The van der Waals surface area contributed by atoms with E-state index in [0.29, 0.717) is 19.5 Å². The molecule has 0 bridgehead atoms.